The van der Waals surface area contributed by atoms with Gasteiger partial charge in [0.2, 0.25) is 11.8 Å². The van der Waals surface area contributed by atoms with E-state index in [0.29, 0.717) is 12.2 Å². The van der Waals surface area contributed by atoms with E-state index in [9.17, 15) is 18.0 Å². The fourth-order valence-electron chi connectivity index (χ4n) is 2.62. The van der Waals surface area contributed by atoms with Crippen molar-refractivity contribution in [1.29, 1.82) is 0 Å². The second-order valence-electron chi connectivity index (χ2n) is 6.69. The summed E-state index contributed by atoms with van der Waals surface area (Å²) in [5.74, 6) is -0.263. The first-order valence-electron chi connectivity index (χ1n) is 8.07. The highest BCUT2D eigenvalue weighted by atomic mass is 32.2. The summed E-state index contributed by atoms with van der Waals surface area (Å²) < 4.78 is 28.2. The van der Waals surface area contributed by atoms with E-state index in [1.165, 1.54) is 13.8 Å². The molecule has 25 heavy (non-hydrogen) atoms. The molecule has 1 heterocycles. The molecule has 0 aromatic heterocycles. The van der Waals surface area contributed by atoms with Crippen molar-refractivity contribution in [2.45, 2.75) is 32.9 Å². The molecule has 0 spiro atoms. The van der Waals surface area contributed by atoms with Crippen molar-refractivity contribution in [2.24, 2.45) is 5.41 Å². The van der Waals surface area contributed by atoms with Gasteiger partial charge in [0.1, 0.15) is 11.2 Å². The molecule has 1 aromatic carbocycles. The van der Waals surface area contributed by atoms with Crippen LogP contribution in [0.4, 0.5) is 0 Å². The van der Waals surface area contributed by atoms with Crippen LogP contribution in [0.5, 0.6) is 5.75 Å². The van der Waals surface area contributed by atoms with Crippen LogP contribution in [0.25, 0.3) is 0 Å². The number of hydrogen-bond acceptors (Lipinski definition) is 5. The number of hydrogen-bond donors (Lipinski definition) is 2. The van der Waals surface area contributed by atoms with Crippen LogP contribution in [0.15, 0.2) is 24.3 Å². The second kappa shape index (κ2) is 7.43. The second-order valence-corrected chi connectivity index (χ2v) is 8.92. The molecule has 0 bridgehead atoms. The Balaban J connectivity index is 1.96. The number of para-hydroxylation sites is 1. The summed E-state index contributed by atoms with van der Waals surface area (Å²) in [6.07, 6.45) is 0.382. The van der Waals surface area contributed by atoms with Crippen LogP contribution in [0, 0.1) is 5.41 Å². The van der Waals surface area contributed by atoms with E-state index < -0.39 is 33.1 Å². The van der Waals surface area contributed by atoms with Crippen LogP contribution >= 0.6 is 0 Å². The van der Waals surface area contributed by atoms with E-state index in [2.05, 4.69) is 10.6 Å². The van der Waals surface area contributed by atoms with Gasteiger partial charge in [-0.25, -0.2) is 8.42 Å². The number of nitrogens with one attached hydrogen (secondary N) is 2. The van der Waals surface area contributed by atoms with Crippen molar-refractivity contribution in [1.82, 2.24) is 10.6 Å². The van der Waals surface area contributed by atoms with Gasteiger partial charge in [-0.1, -0.05) is 18.2 Å². The fraction of sp³-hybridized carbons (Fsp3) is 0.529. The van der Waals surface area contributed by atoms with Gasteiger partial charge >= 0.3 is 0 Å². The molecule has 0 radical (unpaired) electrons. The Morgan fingerprint density at radius 1 is 1.24 bits per heavy atom. The van der Waals surface area contributed by atoms with Crippen molar-refractivity contribution in [3.8, 4) is 5.75 Å². The molecule has 1 aromatic rings. The molecule has 2 amide bonds. The summed E-state index contributed by atoms with van der Waals surface area (Å²) in [5.41, 5.74) is -0.509. The molecule has 1 unspecified atom stereocenters. The van der Waals surface area contributed by atoms with Crippen LogP contribution in [0.1, 0.15) is 25.8 Å². The smallest absolute Gasteiger partial charge is 0.235 e. The standard InChI is InChI=1S/C17H24N2O5S/c1-17(2,16(21)19-13-8-9-25(22,23)11-13)15(20)18-10-12-6-4-5-7-14(12)24-3/h4-7,13H,8-11H2,1-3H3,(H,18,20)(H,19,21). The fourth-order valence-corrected chi connectivity index (χ4v) is 4.30. The molecule has 138 valence electrons. The molecule has 2 rings (SSSR count). The van der Waals surface area contributed by atoms with Gasteiger partial charge < -0.3 is 15.4 Å². The third-order valence-electron chi connectivity index (χ3n) is 4.33. The molecule has 8 heteroatoms. The number of methoxy groups -OCH3 is 1. The monoisotopic (exact) mass is 368 g/mol. The van der Waals surface area contributed by atoms with Crippen molar-refractivity contribution in [3.05, 3.63) is 29.8 Å². The van der Waals surface area contributed by atoms with E-state index in [4.69, 9.17) is 4.74 Å². The topological polar surface area (TPSA) is 102 Å². The first-order valence-corrected chi connectivity index (χ1v) is 9.89. The van der Waals surface area contributed by atoms with E-state index in [1.807, 2.05) is 18.2 Å². The summed E-state index contributed by atoms with van der Waals surface area (Å²) >= 11 is 0. The van der Waals surface area contributed by atoms with Gasteiger partial charge in [0.25, 0.3) is 0 Å². The number of benzene rings is 1. The largest absolute Gasteiger partial charge is 0.496 e. The SMILES string of the molecule is COc1ccccc1CNC(=O)C(C)(C)C(=O)NC1CCS(=O)(=O)C1. The molecule has 1 saturated heterocycles. The average molecular weight is 368 g/mol. The lowest BCUT2D eigenvalue weighted by Gasteiger charge is -2.24. The van der Waals surface area contributed by atoms with E-state index >= 15 is 0 Å². The van der Waals surface area contributed by atoms with Gasteiger partial charge in [-0.3, -0.25) is 9.59 Å². The number of amides is 2. The maximum Gasteiger partial charge on any atom is 0.235 e. The Hall–Kier alpha value is -2.09. The number of sulfone groups is 1. The predicted molar refractivity (Wildman–Crippen MR) is 93.8 cm³/mol. The molecule has 0 aliphatic carbocycles. The van der Waals surface area contributed by atoms with Crippen LogP contribution in [0.2, 0.25) is 0 Å². The zero-order chi connectivity index (χ0) is 18.7. The Kier molecular flexibility index (Phi) is 5.72. The summed E-state index contributed by atoms with van der Waals surface area (Å²) in [7, 11) is -1.54. The predicted octanol–water partition coefficient (Wildman–Crippen LogP) is 0.641. The van der Waals surface area contributed by atoms with E-state index in [-0.39, 0.29) is 18.1 Å². The van der Waals surface area contributed by atoms with Gasteiger partial charge in [0.05, 0.1) is 18.6 Å². The van der Waals surface area contributed by atoms with E-state index in [1.54, 1.807) is 13.2 Å². The minimum atomic E-state index is -3.09. The maximum absolute atomic E-state index is 12.4. The molecule has 2 N–H and O–H groups in total. The highest BCUT2D eigenvalue weighted by Crippen LogP contribution is 2.20. The quantitative estimate of drug-likeness (QED) is 0.718. The number of carbonyl (C=O) groups excluding carboxylic acids is 2. The summed E-state index contributed by atoms with van der Waals surface area (Å²) in [5, 5.41) is 5.41. The van der Waals surface area contributed by atoms with Crippen LogP contribution in [-0.4, -0.2) is 44.9 Å². The first kappa shape index (κ1) is 19.2. The zero-order valence-corrected chi connectivity index (χ0v) is 15.5. The van der Waals surface area contributed by atoms with Gasteiger partial charge in [-0.05, 0) is 26.3 Å². The molecular weight excluding hydrogens is 344 g/mol. The molecule has 7 nitrogen and oxygen atoms in total. The number of rotatable bonds is 6. The van der Waals surface area contributed by atoms with Crippen molar-refractivity contribution < 1.29 is 22.7 Å². The zero-order valence-electron chi connectivity index (χ0n) is 14.7. The lowest BCUT2D eigenvalue weighted by Crippen LogP contribution is -2.50. The Morgan fingerprint density at radius 3 is 2.52 bits per heavy atom. The minimum Gasteiger partial charge on any atom is -0.496 e. The first-order chi connectivity index (χ1) is 11.7. The molecular formula is C17H24N2O5S. The van der Waals surface area contributed by atoms with E-state index in [0.717, 1.165) is 5.56 Å². The number of ether oxygens (including phenoxy) is 1. The normalized spacial score (nSPS) is 19.2. The van der Waals surface area contributed by atoms with Gasteiger partial charge in [-0.2, -0.15) is 0 Å². The summed E-state index contributed by atoms with van der Waals surface area (Å²) in [4.78, 5) is 24.9. The maximum atomic E-state index is 12.4. The number of carbonyl (C=O) groups is 2. The van der Waals surface area contributed by atoms with Crippen LogP contribution in [0.3, 0.4) is 0 Å². The molecule has 1 atom stereocenters. The molecule has 1 aliphatic rings. The Morgan fingerprint density at radius 2 is 1.92 bits per heavy atom. The van der Waals surface area contributed by atoms with Crippen LogP contribution < -0.4 is 15.4 Å². The average Bonchev–Trinajstić information content (AvgIpc) is 2.91. The third-order valence-corrected chi connectivity index (χ3v) is 6.10. The summed E-state index contributed by atoms with van der Waals surface area (Å²) in [6, 6.07) is 6.86. The van der Waals surface area contributed by atoms with Crippen LogP contribution in [-0.2, 0) is 26.0 Å². The molecule has 0 saturated carbocycles. The Bertz CT molecular complexity index is 758. The van der Waals surface area contributed by atoms with Crippen molar-refractivity contribution in [3.63, 3.8) is 0 Å². The van der Waals surface area contributed by atoms with Gasteiger partial charge in [-0.15, -0.1) is 0 Å². The highest BCUT2D eigenvalue weighted by Gasteiger charge is 2.39. The lowest BCUT2D eigenvalue weighted by molar-refractivity contribution is -0.141. The molecule has 1 aliphatic heterocycles. The minimum absolute atomic E-state index is 0.0678. The summed E-state index contributed by atoms with van der Waals surface area (Å²) in [6.45, 7) is 3.27. The highest BCUT2D eigenvalue weighted by molar-refractivity contribution is 7.91. The van der Waals surface area contributed by atoms with Gasteiger partial charge in [0.15, 0.2) is 9.84 Å². The van der Waals surface area contributed by atoms with Gasteiger partial charge in [0, 0.05) is 18.2 Å². The lowest BCUT2D eigenvalue weighted by atomic mass is 9.90. The van der Waals surface area contributed by atoms with Crippen molar-refractivity contribution in [2.75, 3.05) is 18.6 Å². The van der Waals surface area contributed by atoms with Crippen molar-refractivity contribution >= 4 is 21.7 Å². The molecule has 1 fully saturated rings. The third kappa shape index (κ3) is 4.72. The Labute approximate surface area is 148 Å².